The van der Waals surface area contributed by atoms with E-state index in [1.54, 1.807) is 5.06 Å². The summed E-state index contributed by atoms with van der Waals surface area (Å²) in [6.45, 7) is 0.573. The zero-order valence-electron chi connectivity index (χ0n) is 11.6. The summed E-state index contributed by atoms with van der Waals surface area (Å²) < 4.78 is 0. The van der Waals surface area contributed by atoms with E-state index in [1.165, 1.54) is 5.56 Å². The topological polar surface area (TPSA) is 52.8 Å². The van der Waals surface area contributed by atoms with Crippen LogP contribution in [0.2, 0.25) is 0 Å². The van der Waals surface area contributed by atoms with E-state index in [0.717, 1.165) is 12.0 Å². The van der Waals surface area contributed by atoms with Gasteiger partial charge in [-0.25, -0.2) is 4.79 Å². The second-order valence-electron chi connectivity index (χ2n) is 5.18. The Morgan fingerprint density at radius 3 is 2.14 bits per heavy atom. The highest BCUT2D eigenvalue weighted by Crippen LogP contribution is 2.38. The lowest BCUT2D eigenvalue weighted by molar-refractivity contribution is -0.143. The lowest BCUT2D eigenvalue weighted by Gasteiger charge is -2.08. The van der Waals surface area contributed by atoms with Crippen molar-refractivity contribution in [2.75, 3.05) is 6.54 Å². The predicted octanol–water partition coefficient (Wildman–Crippen LogP) is 2.50. The summed E-state index contributed by atoms with van der Waals surface area (Å²) in [6.07, 6.45) is 1.13. The Hall–Kier alpha value is -2.17. The van der Waals surface area contributed by atoms with Crippen molar-refractivity contribution < 1.29 is 14.7 Å². The summed E-state index contributed by atoms with van der Waals surface area (Å²) in [6, 6.07) is 19.5. The van der Waals surface area contributed by atoms with Crippen LogP contribution in [0.1, 0.15) is 11.1 Å². The Labute approximate surface area is 123 Å². The first-order chi connectivity index (χ1) is 10.2. The van der Waals surface area contributed by atoms with Crippen molar-refractivity contribution in [2.45, 2.75) is 18.6 Å². The Bertz CT molecular complexity index is 614. The summed E-state index contributed by atoms with van der Waals surface area (Å²) in [5, 5.41) is 11.0. The van der Waals surface area contributed by atoms with Crippen molar-refractivity contribution >= 4 is 5.97 Å². The van der Waals surface area contributed by atoms with Gasteiger partial charge in [0, 0.05) is 13.0 Å². The molecule has 2 unspecified atom stereocenters. The van der Waals surface area contributed by atoms with Gasteiger partial charge in [-0.05, 0) is 17.5 Å². The SMILES string of the molecule is O=C(O)C1(Cc2ccccc2)ON1CCc1ccccc1. The van der Waals surface area contributed by atoms with Crippen LogP contribution in [0.3, 0.4) is 0 Å². The first kappa shape index (κ1) is 13.8. The molecule has 0 aliphatic carbocycles. The van der Waals surface area contributed by atoms with Crippen LogP contribution in [0.15, 0.2) is 60.7 Å². The maximum Gasteiger partial charge on any atom is 0.356 e. The van der Waals surface area contributed by atoms with Gasteiger partial charge in [0.2, 0.25) is 0 Å². The highest BCUT2D eigenvalue weighted by atomic mass is 16.9. The number of carbonyl (C=O) groups is 1. The van der Waals surface area contributed by atoms with Crippen molar-refractivity contribution in [3.05, 3.63) is 71.8 Å². The number of hydroxylamine groups is 2. The molecule has 1 heterocycles. The molecular weight excluding hydrogens is 266 g/mol. The van der Waals surface area contributed by atoms with E-state index in [2.05, 4.69) is 0 Å². The highest BCUT2D eigenvalue weighted by molar-refractivity contribution is 5.79. The number of hydrogen-bond acceptors (Lipinski definition) is 3. The number of hydrogen-bond donors (Lipinski definition) is 1. The molecule has 0 radical (unpaired) electrons. The van der Waals surface area contributed by atoms with Gasteiger partial charge in [0.05, 0.1) is 0 Å². The van der Waals surface area contributed by atoms with E-state index in [4.69, 9.17) is 4.84 Å². The molecule has 1 N–H and O–H groups in total. The molecule has 0 aromatic heterocycles. The highest BCUT2D eigenvalue weighted by Gasteiger charge is 2.61. The van der Waals surface area contributed by atoms with Crippen LogP contribution in [-0.4, -0.2) is 28.4 Å². The first-order valence-corrected chi connectivity index (χ1v) is 6.99. The number of carboxylic acid groups (broad SMARTS) is 1. The molecule has 1 aliphatic heterocycles. The number of benzene rings is 2. The minimum Gasteiger partial charge on any atom is -0.478 e. The fourth-order valence-electron chi connectivity index (χ4n) is 2.48. The molecule has 1 saturated heterocycles. The van der Waals surface area contributed by atoms with E-state index >= 15 is 0 Å². The minimum absolute atomic E-state index is 0.359. The molecule has 0 saturated carbocycles. The van der Waals surface area contributed by atoms with E-state index in [9.17, 15) is 9.90 Å². The third kappa shape index (κ3) is 2.96. The molecule has 21 heavy (non-hydrogen) atoms. The average molecular weight is 283 g/mol. The van der Waals surface area contributed by atoms with Gasteiger partial charge in [0.15, 0.2) is 0 Å². The van der Waals surface area contributed by atoms with Gasteiger partial charge in [0.1, 0.15) is 0 Å². The molecule has 0 spiro atoms. The van der Waals surface area contributed by atoms with Crippen molar-refractivity contribution in [3.8, 4) is 0 Å². The molecule has 0 amide bonds. The Balaban J connectivity index is 1.64. The number of rotatable bonds is 6. The fraction of sp³-hybridized carbons (Fsp3) is 0.235. The Morgan fingerprint density at radius 1 is 1.00 bits per heavy atom. The molecule has 1 aliphatic rings. The molecule has 2 atom stereocenters. The first-order valence-electron chi connectivity index (χ1n) is 6.99. The second kappa shape index (κ2) is 5.68. The molecule has 0 bridgehead atoms. The predicted molar refractivity (Wildman–Crippen MR) is 78.4 cm³/mol. The summed E-state index contributed by atoms with van der Waals surface area (Å²) in [5.41, 5.74) is 0.935. The van der Waals surface area contributed by atoms with Crippen LogP contribution in [0, 0.1) is 0 Å². The molecule has 3 rings (SSSR count). The number of carboxylic acids is 1. The summed E-state index contributed by atoms with van der Waals surface area (Å²) >= 11 is 0. The molecule has 1 fully saturated rings. The fourth-order valence-corrected chi connectivity index (χ4v) is 2.48. The maximum absolute atomic E-state index is 11.5. The van der Waals surface area contributed by atoms with Crippen molar-refractivity contribution in [3.63, 3.8) is 0 Å². The van der Waals surface area contributed by atoms with Crippen LogP contribution >= 0.6 is 0 Å². The van der Waals surface area contributed by atoms with Crippen LogP contribution in [0.5, 0.6) is 0 Å². The van der Waals surface area contributed by atoms with Gasteiger partial charge in [0.25, 0.3) is 5.72 Å². The van der Waals surface area contributed by atoms with Crippen molar-refractivity contribution in [1.29, 1.82) is 0 Å². The van der Waals surface area contributed by atoms with Crippen LogP contribution in [0.4, 0.5) is 0 Å². The number of nitrogens with zero attached hydrogens (tertiary/aromatic N) is 1. The van der Waals surface area contributed by atoms with Crippen molar-refractivity contribution in [2.24, 2.45) is 0 Å². The lowest BCUT2D eigenvalue weighted by Crippen LogP contribution is -2.32. The standard InChI is InChI=1S/C17H17NO3/c19-16(20)17(13-15-9-5-2-6-10-15)18(21-17)12-11-14-7-3-1-4-8-14/h1-10H,11-13H2,(H,19,20). The smallest absolute Gasteiger partial charge is 0.356 e. The molecule has 4 nitrogen and oxygen atoms in total. The van der Waals surface area contributed by atoms with Crippen LogP contribution in [0.25, 0.3) is 0 Å². The van der Waals surface area contributed by atoms with Gasteiger partial charge in [-0.1, -0.05) is 60.7 Å². The van der Waals surface area contributed by atoms with Gasteiger partial charge in [-0.2, -0.15) is 0 Å². The quantitative estimate of drug-likeness (QED) is 0.828. The van der Waals surface area contributed by atoms with Gasteiger partial charge in [-0.3, -0.25) is 4.84 Å². The third-order valence-corrected chi connectivity index (χ3v) is 3.70. The molecule has 108 valence electrons. The second-order valence-corrected chi connectivity index (χ2v) is 5.18. The summed E-state index contributed by atoms with van der Waals surface area (Å²) in [5.74, 6) is -0.931. The zero-order chi connectivity index (χ0) is 14.7. The summed E-state index contributed by atoms with van der Waals surface area (Å²) in [7, 11) is 0. The maximum atomic E-state index is 11.5. The Kier molecular flexibility index (Phi) is 3.73. The van der Waals surface area contributed by atoms with E-state index in [0.29, 0.717) is 13.0 Å². The monoisotopic (exact) mass is 283 g/mol. The normalized spacial score (nSPS) is 23.7. The molecule has 2 aromatic rings. The van der Waals surface area contributed by atoms with E-state index < -0.39 is 11.7 Å². The average Bonchev–Trinajstić information content (AvgIpc) is 3.22. The van der Waals surface area contributed by atoms with E-state index in [-0.39, 0.29) is 0 Å². The van der Waals surface area contributed by atoms with E-state index in [1.807, 2.05) is 60.7 Å². The molecule has 2 aromatic carbocycles. The zero-order valence-corrected chi connectivity index (χ0v) is 11.6. The minimum atomic E-state index is -1.20. The molecular formula is C17H17NO3. The van der Waals surface area contributed by atoms with Gasteiger partial charge < -0.3 is 5.11 Å². The lowest BCUT2D eigenvalue weighted by atomic mass is 10.0. The third-order valence-electron chi connectivity index (χ3n) is 3.70. The van der Waals surface area contributed by atoms with Crippen LogP contribution in [-0.2, 0) is 22.5 Å². The molecule has 4 heteroatoms. The van der Waals surface area contributed by atoms with Gasteiger partial charge >= 0.3 is 5.97 Å². The van der Waals surface area contributed by atoms with Gasteiger partial charge in [-0.15, -0.1) is 5.06 Å². The number of aliphatic carboxylic acids is 1. The largest absolute Gasteiger partial charge is 0.478 e. The Morgan fingerprint density at radius 2 is 1.57 bits per heavy atom. The van der Waals surface area contributed by atoms with Crippen molar-refractivity contribution in [1.82, 2.24) is 5.06 Å². The van der Waals surface area contributed by atoms with Crippen LogP contribution < -0.4 is 0 Å². The summed E-state index contributed by atoms with van der Waals surface area (Å²) in [4.78, 5) is 17.0.